The van der Waals surface area contributed by atoms with E-state index in [-0.39, 0.29) is 24.7 Å². The molecular formula is C15H22N2O4. The van der Waals surface area contributed by atoms with Crippen LogP contribution >= 0.6 is 0 Å². The molecule has 1 fully saturated rings. The highest BCUT2D eigenvalue weighted by atomic mass is 16.5. The highest BCUT2D eigenvalue weighted by molar-refractivity contribution is 5.76. The van der Waals surface area contributed by atoms with Gasteiger partial charge in [-0.1, -0.05) is 0 Å². The van der Waals surface area contributed by atoms with Gasteiger partial charge in [0.1, 0.15) is 5.75 Å². The number of aliphatic hydroxyl groups is 1. The molecule has 3 N–H and O–H groups in total. The van der Waals surface area contributed by atoms with Crippen LogP contribution in [0.2, 0.25) is 0 Å². The first-order valence-electron chi connectivity index (χ1n) is 7.11. The fourth-order valence-corrected chi connectivity index (χ4v) is 2.33. The van der Waals surface area contributed by atoms with Crippen LogP contribution in [0.3, 0.4) is 0 Å². The number of ether oxygens (including phenoxy) is 2. The average Bonchev–Trinajstić information content (AvgIpc) is 2.48. The summed E-state index contributed by atoms with van der Waals surface area (Å²) >= 11 is 0. The standard InChI is InChI=1S/C15H22N2O4/c1-11-8-17(9-14(10-18)21-11)15(19)6-7-20-13-4-2-12(16)3-5-13/h2-5,11,14,18H,6-10,16H2,1H3. The minimum atomic E-state index is -0.296. The fraction of sp³-hybridized carbons (Fsp3) is 0.533. The van der Waals surface area contributed by atoms with Crippen LogP contribution < -0.4 is 10.5 Å². The Morgan fingerprint density at radius 2 is 2.14 bits per heavy atom. The minimum absolute atomic E-state index is 0.0130. The Morgan fingerprint density at radius 3 is 2.81 bits per heavy atom. The molecule has 0 aliphatic carbocycles. The second kappa shape index (κ2) is 7.28. The Bertz CT molecular complexity index is 463. The van der Waals surface area contributed by atoms with E-state index < -0.39 is 0 Å². The molecule has 2 unspecified atom stereocenters. The van der Waals surface area contributed by atoms with Gasteiger partial charge in [0.2, 0.25) is 5.91 Å². The summed E-state index contributed by atoms with van der Waals surface area (Å²) in [6.45, 7) is 3.13. The number of amides is 1. The average molecular weight is 294 g/mol. The summed E-state index contributed by atoms with van der Waals surface area (Å²) in [4.78, 5) is 13.9. The minimum Gasteiger partial charge on any atom is -0.493 e. The van der Waals surface area contributed by atoms with Crippen molar-refractivity contribution in [1.29, 1.82) is 0 Å². The Morgan fingerprint density at radius 1 is 1.43 bits per heavy atom. The first-order valence-corrected chi connectivity index (χ1v) is 7.11. The number of nitrogens with two attached hydrogens (primary N) is 1. The molecule has 2 rings (SSSR count). The highest BCUT2D eigenvalue weighted by Crippen LogP contribution is 2.15. The quantitative estimate of drug-likeness (QED) is 0.779. The van der Waals surface area contributed by atoms with Gasteiger partial charge in [-0.3, -0.25) is 4.79 Å². The van der Waals surface area contributed by atoms with Gasteiger partial charge in [0.25, 0.3) is 0 Å². The lowest BCUT2D eigenvalue weighted by Crippen LogP contribution is -2.50. The number of hydrogen-bond donors (Lipinski definition) is 2. The normalized spacial score (nSPS) is 22.1. The molecule has 0 aromatic heterocycles. The van der Waals surface area contributed by atoms with E-state index in [0.29, 0.717) is 37.6 Å². The summed E-state index contributed by atoms with van der Waals surface area (Å²) in [6, 6.07) is 7.07. The van der Waals surface area contributed by atoms with Gasteiger partial charge in [-0.25, -0.2) is 0 Å². The smallest absolute Gasteiger partial charge is 0.226 e. The van der Waals surface area contributed by atoms with Crippen molar-refractivity contribution in [3.05, 3.63) is 24.3 Å². The van der Waals surface area contributed by atoms with Gasteiger partial charge in [0.15, 0.2) is 0 Å². The van der Waals surface area contributed by atoms with Gasteiger partial charge >= 0.3 is 0 Å². The highest BCUT2D eigenvalue weighted by Gasteiger charge is 2.27. The van der Waals surface area contributed by atoms with Gasteiger partial charge in [-0.2, -0.15) is 0 Å². The zero-order chi connectivity index (χ0) is 15.2. The van der Waals surface area contributed by atoms with E-state index in [4.69, 9.17) is 20.3 Å². The number of aliphatic hydroxyl groups excluding tert-OH is 1. The van der Waals surface area contributed by atoms with Crippen molar-refractivity contribution >= 4 is 11.6 Å². The number of rotatable bonds is 5. The molecule has 1 aliphatic rings. The van der Waals surface area contributed by atoms with Crippen LogP contribution in [0.25, 0.3) is 0 Å². The summed E-state index contributed by atoms with van der Waals surface area (Å²) < 4.78 is 11.0. The summed E-state index contributed by atoms with van der Waals surface area (Å²) in [5.41, 5.74) is 6.27. The van der Waals surface area contributed by atoms with Crippen molar-refractivity contribution in [2.24, 2.45) is 0 Å². The number of nitrogens with zero attached hydrogens (tertiary/aromatic N) is 1. The summed E-state index contributed by atoms with van der Waals surface area (Å²) in [7, 11) is 0. The Balaban J connectivity index is 1.77. The van der Waals surface area contributed by atoms with Crippen molar-refractivity contribution in [3.63, 3.8) is 0 Å². The third-order valence-electron chi connectivity index (χ3n) is 3.35. The van der Waals surface area contributed by atoms with Crippen LogP contribution in [-0.2, 0) is 9.53 Å². The van der Waals surface area contributed by atoms with Gasteiger partial charge in [0.05, 0.1) is 31.8 Å². The van der Waals surface area contributed by atoms with E-state index >= 15 is 0 Å². The Labute approximate surface area is 124 Å². The Hall–Kier alpha value is -1.79. The molecule has 0 spiro atoms. The topological polar surface area (TPSA) is 85.0 Å². The molecule has 116 valence electrons. The number of anilines is 1. The number of benzene rings is 1. The van der Waals surface area contributed by atoms with Crippen LogP contribution in [0.1, 0.15) is 13.3 Å². The largest absolute Gasteiger partial charge is 0.493 e. The van der Waals surface area contributed by atoms with E-state index in [1.807, 2.05) is 6.92 Å². The van der Waals surface area contributed by atoms with Crippen LogP contribution in [-0.4, -0.2) is 54.4 Å². The lowest BCUT2D eigenvalue weighted by Gasteiger charge is -2.36. The van der Waals surface area contributed by atoms with E-state index in [1.54, 1.807) is 29.2 Å². The first-order chi connectivity index (χ1) is 10.1. The maximum atomic E-state index is 12.1. The molecule has 0 radical (unpaired) electrons. The van der Waals surface area contributed by atoms with E-state index in [2.05, 4.69) is 0 Å². The second-order valence-corrected chi connectivity index (χ2v) is 5.22. The summed E-state index contributed by atoms with van der Waals surface area (Å²) in [5.74, 6) is 0.708. The molecule has 1 aromatic rings. The third-order valence-corrected chi connectivity index (χ3v) is 3.35. The molecule has 6 heteroatoms. The van der Waals surface area contributed by atoms with E-state index in [0.717, 1.165) is 0 Å². The zero-order valence-electron chi connectivity index (χ0n) is 12.2. The van der Waals surface area contributed by atoms with Crippen LogP contribution in [0.4, 0.5) is 5.69 Å². The van der Waals surface area contributed by atoms with Crippen LogP contribution in [0.5, 0.6) is 5.75 Å². The second-order valence-electron chi connectivity index (χ2n) is 5.22. The van der Waals surface area contributed by atoms with Crippen LogP contribution in [0, 0.1) is 0 Å². The predicted molar refractivity (Wildman–Crippen MR) is 79.0 cm³/mol. The molecule has 1 aliphatic heterocycles. The maximum absolute atomic E-state index is 12.1. The SMILES string of the molecule is CC1CN(C(=O)CCOc2ccc(N)cc2)CC(CO)O1. The van der Waals surface area contributed by atoms with Gasteiger partial charge in [-0.05, 0) is 31.2 Å². The number of nitrogen functional groups attached to an aromatic ring is 1. The number of morpholine rings is 1. The molecule has 1 aromatic carbocycles. The van der Waals surface area contributed by atoms with Crippen molar-refractivity contribution in [2.45, 2.75) is 25.6 Å². The molecule has 0 saturated carbocycles. The lowest BCUT2D eigenvalue weighted by molar-refractivity contribution is -0.147. The van der Waals surface area contributed by atoms with Crippen molar-refractivity contribution in [2.75, 3.05) is 32.0 Å². The van der Waals surface area contributed by atoms with E-state index in [1.165, 1.54) is 0 Å². The molecule has 1 heterocycles. The maximum Gasteiger partial charge on any atom is 0.226 e. The zero-order valence-corrected chi connectivity index (χ0v) is 12.2. The van der Waals surface area contributed by atoms with Gasteiger partial charge in [-0.15, -0.1) is 0 Å². The lowest BCUT2D eigenvalue weighted by atomic mass is 10.2. The molecule has 1 amide bonds. The first kappa shape index (κ1) is 15.6. The van der Waals surface area contributed by atoms with Gasteiger partial charge < -0.3 is 25.2 Å². The molecule has 6 nitrogen and oxygen atoms in total. The van der Waals surface area contributed by atoms with Crippen molar-refractivity contribution < 1.29 is 19.4 Å². The van der Waals surface area contributed by atoms with Crippen molar-refractivity contribution in [1.82, 2.24) is 4.90 Å². The molecular weight excluding hydrogens is 272 g/mol. The number of carbonyl (C=O) groups excluding carboxylic acids is 1. The third kappa shape index (κ3) is 4.61. The summed E-state index contributed by atoms with van der Waals surface area (Å²) in [6.07, 6.45) is -0.0523. The van der Waals surface area contributed by atoms with Gasteiger partial charge in [0, 0.05) is 18.8 Å². The number of carbonyl (C=O) groups is 1. The molecule has 0 bridgehead atoms. The molecule has 21 heavy (non-hydrogen) atoms. The number of hydrogen-bond acceptors (Lipinski definition) is 5. The molecule has 1 saturated heterocycles. The van der Waals surface area contributed by atoms with E-state index in [9.17, 15) is 4.79 Å². The van der Waals surface area contributed by atoms with Crippen LogP contribution in [0.15, 0.2) is 24.3 Å². The summed E-state index contributed by atoms with van der Waals surface area (Å²) in [5, 5.41) is 9.16. The Kier molecular flexibility index (Phi) is 5.41. The predicted octanol–water partition coefficient (Wildman–Crippen LogP) is 0.646. The monoisotopic (exact) mass is 294 g/mol. The molecule has 2 atom stereocenters. The van der Waals surface area contributed by atoms with Crippen molar-refractivity contribution in [3.8, 4) is 5.75 Å². The fourth-order valence-electron chi connectivity index (χ4n) is 2.33.